The molecule has 1 aromatic carbocycles. The van der Waals surface area contributed by atoms with Crippen LogP contribution >= 0.6 is 27.7 Å². The van der Waals surface area contributed by atoms with Crippen LogP contribution in [0.5, 0.6) is 0 Å². The molecule has 0 bridgehead atoms. The Bertz CT molecular complexity index is 393. The monoisotopic (exact) mass is 331 g/mol. The molecule has 0 saturated carbocycles. The second-order valence-electron chi connectivity index (χ2n) is 4.86. The van der Waals surface area contributed by atoms with Crippen LogP contribution in [0.4, 0.5) is 4.39 Å². The lowest BCUT2D eigenvalue weighted by atomic mass is 10.0. The summed E-state index contributed by atoms with van der Waals surface area (Å²) >= 11 is 5.29. The molecule has 1 heterocycles. The molecule has 4 heteroatoms. The average Bonchev–Trinajstić information content (AvgIpc) is 2.40. The Morgan fingerprint density at radius 1 is 1.44 bits per heavy atom. The van der Waals surface area contributed by atoms with E-state index in [4.69, 9.17) is 0 Å². The average molecular weight is 332 g/mol. The highest BCUT2D eigenvalue weighted by molar-refractivity contribution is 9.10. The van der Waals surface area contributed by atoms with Gasteiger partial charge in [-0.15, -0.1) is 0 Å². The molecule has 0 spiro atoms. The zero-order chi connectivity index (χ0) is 13.0. The van der Waals surface area contributed by atoms with Crippen LogP contribution in [-0.2, 0) is 0 Å². The van der Waals surface area contributed by atoms with Gasteiger partial charge in [0.25, 0.3) is 0 Å². The number of nitrogens with one attached hydrogen (secondary N) is 1. The Hall–Kier alpha value is -0.0600. The van der Waals surface area contributed by atoms with Gasteiger partial charge >= 0.3 is 0 Å². The van der Waals surface area contributed by atoms with E-state index in [0.29, 0.717) is 4.47 Å². The summed E-state index contributed by atoms with van der Waals surface area (Å²) in [6.07, 6.45) is 2.63. The number of hydrogen-bond acceptors (Lipinski definition) is 2. The van der Waals surface area contributed by atoms with Gasteiger partial charge in [-0.25, -0.2) is 4.39 Å². The lowest BCUT2D eigenvalue weighted by molar-refractivity contribution is 0.421. The minimum atomic E-state index is -0.199. The normalized spacial score (nSPS) is 18.8. The van der Waals surface area contributed by atoms with Crippen LogP contribution < -0.4 is 5.32 Å². The molecule has 1 aliphatic rings. The van der Waals surface area contributed by atoms with Crippen molar-refractivity contribution in [3.05, 3.63) is 34.1 Å². The van der Waals surface area contributed by atoms with Crippen molar-refractivity contribution >= 4 is 27.7 Å². The first-order chi connectivity index (χ1) is 8.66. The summed E-state index contributed by atoms with van der Waals surface area (Å²) < 4.78 is 13.7. The predicted molar refractivity (Wildman–Crippen MR) is 80.6 cm³/mol. The maximum Gasteiger partial charge on any atom is 0.137 e. The molecule has 0 aromatic heterocycles. The van der Waals surface area contributed by atoms with Crippen molar-refractivity contribution in [3.8, 4) is 0 Å². The van der Waals surface area contributed by atoms with Gasteiger partial charge < -0.3 is 5.32 Å². The molecule has 1 N–H and O–H groups in total. The van der Waals surface area contributed by atoms with E-state index in [1.165, 1.54) is 30.4 Å². The van der Waals surface area contributed by atoms with Crippen molar-refractivity contribution in [1.82, 2.24) is 5.32 Å². The number of rotatable bonds is 4. The van der Waals surface area contributed by atoms with Crippen LogP contribution in [0.25, 0.3) is 0 Å². The Morgan fingerprint density at radius 3 is 2.83 bits per heavy atom. The van der Waals surface area contributed by atoms with Crippen molar-refractivity contribution in [2.24, 2.45) is 5.92 Å². The minimum absolute atomic E-state index is 0.199. The summed E-state index contributed by atoms with van der Waals surface area (Å²) in [6, 6.07) is 5.52. The van der Waals surface area contributed by atoms with E-state index >= 15 is 0 Å². The third-order valence-corrected chi connectivity index (χ3v) is 5.15. The van der Waals surface area contributed by atoms with E-state index in [1.807, 2.05) is 12.1 Å². The second kappa shape index (κ2) is 6.92. The van der Waals surface area contributed by atoms with E-state index in [0.717, 1.165) is 18.0 Å². The number of halogens is 2. The van der Waals surface area contributed by atoms with Gasteiger partial charge in [-0.05, 0) is 77.4 Å². The molecular weight excluding hydrogens is 313 g/mol. The molecule has 18 heavy (non-hydrogen) atoms. The Kier molecular flexibility index (Phi) is 5.52. The van der Waals surface area contributed by atoms with Gasteiger partial charge in [0.05, 0.1) is 4.47 Å². The first-order valence-electron chi connectivity index (χ1n) is 6.43. The van der Waals surface area contributed by atoms with Crippen molar-refractivity contribution < 1.29 is 4.39 Å². The fourth-order valence-electron chi connectivity index (χ4n) is 2.19. The molecule has 1 nitrogen and oxygen atoms in total. The van der Waals surface area contributed by atoms with Crippen LogP contribution in [0.1, 0.15) is 31.4 Å². The number of hydrogen-bond donors (Lipinski definition) is 1. The summed E-state index contributed by atoms with van der Waals surface area (Å²) in [5.74, 6) is 3.19. The van der Waals surface area contributed by atoms with Crippen molar-refractivity contribution in [2.45, 2.75) is 25.8 Å². The zero-order valence-corrected chi connectivity index (χ0v) is 13.0. The summed E-state index contributed by atoms with van der Waals surface area (Å²) in [5.41, 5.74) is 1.13. The third kappa shape index (κ3) is 3.97. The van der Waals surface area contributed by atoms with E-state index in [9.17, 15) is 4.39 Å². The molecular formula is C14H19BrFNS. The van der Waals surface area contributed by atoms with Crippen LogP contribution in [-0.4, -0.2) is 18.1 Å². The maximum absolute atomic E-state index is 13.2. The molecule has 100 valence electrons. The van der Waals surface area contributed by atoms with Crippen LogP contribution in [0, 0.1) is 11.7 Å². The van der Waals surface area contributed by atoms with Gasteiger partial charge in [0.2, 0.25) is 0 Å². The highest BCUT2D eigenvalue weighted by atomic mass is 79.9. The van der Waals surface area contributed by atoms with E-state index in [-0.39, 0.29) is 11.9 Å². The number of benzene rings is 1. The molecule has 1 unspecified atom stereocenters. The first kappa shape index (κ1) is 14.4. The summed E-state index contributed by atoms with van der Waals surface area (Å²) in [7, 11) is 0. The van der Waals surface area contributed by atoms with Crippen molar-refractivity contribution in [1.29, 1.82) is 0 Å². The second-order valence-corrected chi connectivity index (χ2v) is 6.94. The van der Waals surface area contributed by atoms with E-state index < -0.39 is 0 Å². The van der Waals surface area contributed by atoms with Gasteiger partial charge in [0.15, 0.2) is 0 Å². The summed E-state index contributed by atoms with van der Waals surface area (Å²) in [4.78, 5) is 0. The predicted octanol–water partition coefficient (Wildman–Crippen LogP) is 4.38. The third-order valence-electron chi connectivity index (χ3n) is 3.50. The Labute approximate surface area is 121 Å². The molecule has 2 rings (SSSR count). The quantitative estimate of drug-likeness (QED) is 0.878. The lowest BCUT2D eigenvalue weighted by Gasteiger charge is -2.24. The Morgan fingerprint density at radius 2 is 2.17 bits per heavy atom. The Balaban J connectivity index is 1.86. The van der Waals surface area contributed by atoms with Gasteiger partial charge in [-0.1, -0.05) is 6.07 Å². The highest BCUT2D eigenvalue weighted by Crippen LogP contribution is 2.24. The minimum Gasteiger partial charge on any atom is -0.310 e. The molecule has 0 amide bonds. The maximum atomic E-state index is 13.2. The molecule has 1 saturated heterocycles. The molecule has 0 radical (unpaired) electrons. The standard InChI is InChI=1S/C14H19BrFNS/c1-10(12-2-3-14(16)13(15)8-12)17-9-11-4-6-18-7-5-11/h2-3,8,10-11,17H,4-7,9H2,1H3. The molecule has 1 aromatic rings. The zero-order valence-electron chi connectivity index (χ0n) is 10.6. The molecule has 1 aliphatic heterocycles. The summed E-state index contributed by atoms with van der Waals surface area (Å²) in [6.45, 7) is 3.20. The van der Waals surface area contributed by atoms with Crippen LogP contribution in [0.3, 0.4) is 0 Å². The van der Waals surface area contributed by atoms with Gasteiger partial charge in [-0.3, -0.25) is 0 Å². The smallest absolute Gasteiger partial charge is 0.137 e. The van der Waals surface area contributed by atoms with Crippen LogP contribution in [0.2, 0.25) is 0 Å². The first-order valence-corrected chi connectivity index (χ1v) is 8.37. The van der Waals surface area contributed by atoms with Gasteiger partial charge in [0.1, 0.15) is 5.82 Å². The fraction of sp³-hybridized carbons (Fsp3) is 0.571. The van der Waals surface area contributed by atoms with Gasteiger partial charge in [-0.2, -0.15) is 11.8 Å². The van der Waals surface area contributed by atoms with Crippen molar-refractivity contribution in [3.63, 3.8) is 0 Å². The topological polar surface area (TPSA) is 12.0 Å². The molecule has 1 fully saturated rings. The lowest BCUT2D eigenvalue weighted by Crippen LogP contribution is -2.28. The number of thioether (sulfide) groups is 1. The summed E-state index contributed by atoms with van der Waals surface area (Å²) in [5, 5.41) is 3.56. The molecule has 0 aliphatic carbocycles. The van der Waals surface area contributed by atoms with Crippen LogP contribution in [0.15, 0.2) is 22.7 Å². The van der Waals surface area contributed by atoms with E-state index in [2.05, 4.69) is 39.9 Å². The fourth-order valence-corrected chi connectivity index (χ4v) is 3.79. The van der Waals surface area contributed by atoms with Crippen molar-refractivity contribution in [2.75, 3.05) is 18.1 Å². The largest absolute Gasteiger partial charge is 0.310 e. The van der Waals surface area contributed by atoms with E-state index in [1.54, 1.807) is 0 Å². The highest BCUT2D eigenvalue weighted by Gasteiger charge is 2.15. The SMILES string of the molecule is CC(NCC1CCSCC1)c1ccc(F)c(Br)c1. The molecule has 1 atom stereocenters. The van der Waals surface area contributed by atoms with Gasteiger partial charge in [0, 0.05) is 6.04 Å².